The van der Waals surface area contributed by atoms with E-state index in [1.165, 1.54) is 4.68 Å². The average Bonchev–Trinajstić information content (AvgIpc) is 2.80. The molecule has 0 aliphatic heterocycles. The van der Waals surface area contributed by atoms with E-state index in [1.54, 1.807) is 30.6 Å². The van der Waals surface area contributed by atoms with Crippen LogP contribution in [0.15, 0.2) is 36.7 Å². The average molecular weight is 219 g/mol. The van der Waals surface area contributed by atoms with Crippen LogP contribution in [0.5, 0.6) is 0 Å². The summed E-state index contributed by atoms with van der Waals surface area (Å²) in [6.45, 7) is 3.59. The molecular weight excluding hydrogens is 205 g/mol. The Labute approximate surface area is 93.9 Å². The molecule has 0 saturated carbocycles. The standard InChI is InChI=1S/C12H14FN3/c1-2-14-9-10-4-5-12(11(13)8-10)16-7-3-6-15-16/h3-8,14H,2,9H2,1H3. The molecule has 0 aliphatic rings. The molecule has 0 fully saturated rings. The lowest BCUT2D eigenvalue weighted by Crippen LogP contribution is -2.12. The lowest BCUT2D eigenvalue weighted by atomic mass is 10.2. The zero-order chi connectivity index (χ0) is 11.4. The second-order valence-corrected chi connectivity index (χ2v) is 3.52. The predicted molar refractivity (Wildman–Crippen MR) is 60.9 cm³/mol. The first-order valence-electron chi connectivity index (χ1n) is 5.30. The number of hydrogen-bond donors (Lipinski definition) is 1. The van der Waals surface area contributed by atoms with Crippen molar-refractivity contribution in [1.29, 1.82) is 0 Å². The van der Waals surface area contributed by atoms with Crippen molar-refractivity contribution in [3.05, 3.63) is 48.0 Å². The van der Waals surface area contributed by atoms with Crippen molar-refractivity contribution in [2.45, 2.75) is 13.5 Å². The lowest BCUT2D eigenvalue weighted by molar-refractivity contribution is 0.605. The second-order valence-electron chi connectivity index (χ2n) is 3.52. The van der Waals surface area contributed by atoms with E-state index in [0.29, 0.717) is 12.2 Å². The van der Waals surface area contributed by atoms with E-state index >= 15 is 0 Å². The molecule has 0 spiro atoms. The number of aromatic nitrogens is 2. The summed E-state index contributed by atoms with van der Waals surface area (Å²) in [5.41, 5.74) is 1.42. The van der Waals surface area contributed by atoms with Gasteiger partial charge < -0.3 is 5.32 Å². The van der Waals surface area contributed by atoms with Crippen molar-refractivity contribution in [2.24, 2.45) is 0 Å². The van der Waals surface area contributed by atoms with Crippen LogP contribution in [-0.4, -0.2) is 16.3 Å². The SMILES string of the molecule is CCNCc1ccc(-n2cccn2)c(F)c1. The molecule has 4 heteroatoms. The molecule has 1 aromatic carbocycles. The van der Waals surface area contributed by atoms with Crippen LogP contribution in [-0.2, 0) is 6.54 Å². The summed E-state index contributed by atoms with van der Waals surface area (Å²) in [6, 6.07) is 6.96. The van der Waals surface area contributed by atoms with E-state index in [-0.39, 0.29) is 5.82 Å². The van der Waals surface area contributed by atoms with Crippen LogP contribution in [0.4, 0.5) is 4.39 Å². The third kappa shape index (κ3) is 2.28. The summed E-state index contributed by atoms with van der Waals surface area (Å²) < 4.78 is 15.3. The van der Waals surface area contributed by atoms with Gasteiger partial charge in [-0.2, -0.15) is 5.10 Å². The van der Waals surface area contributed by atoms with Crippen LogP contribution in [0.3, 0.4) is 0 Å². The van der Waals surface area contributed by atoms with Crippen LogP contribution >= 0.6 is 0 Å². The van der Waals surface area contributed by atoms with Crippen molar-refractivity contribution in [2.75, 3.05) is 6.54 Å². The summed E-state index contributed by atoms with van der Waals surface area (Å²) in [5.74, 6) is -0.251. The van der Waals surface area contributed by atoms with E-state index in [1.807, 2.05) is 13.0 Å². The summed E-state index contributed by atoms with van der Waals surface area (Å²) in [7, 11) is 0. The Morgan fingerprint density at radius 1 is 1.44 bits per heavy atom. The molecule has 1 N–H and O–H groups in total. The van der Waals surface area contributed by atoms with Gasteiger partial charge in [0.2, 0.25) is 0 Å². The van der Waals surface area contributed by atoms with Gasteiger partial charge in [0.05, 0.1) is 0 Å². The molecule has 1 heterocycles. The number of hydrogen-bond acceptors (Lipinski definition) is 2. The van der Waals surface area contributed by atoms with Crippen molar-refractivity contribution >= 4 is 0 Å². The highest BCUT2D eigenvalue weighted by Crippen LogP contribution is 2.14. The van der Waals surface area contributed by atoms with Crippen molar-refractivity contribution in [1.82, 2.24) is 15.1 Å². The van der Waals surface area contributed by atoms with Crippen LogP contribution in [0.1, 0.15) is 12.5 Å². The molecule has 16 heavy (non-hydrogen) atoms. The molecule has 84 valence electrons. The maximum atomic E-state index is 13.8. The van der Waals surface area contributed by atoms with E-state index in [2.05, 4.69) is 10.4 Å². The number of halogens is 1. The van der Waals surface area contributed by atoms with E-state index < -0.39 is 0 Å². The van der Waals surface area contributed by atoms with Crippen LogP contribution in [0.25, 0.3) is 5.69 Å². The van der Waals surface area contributed by atoms with E-state index in [0.717, 1.165) is 12.1 Å². The van der Waals surface area contributed by atoms with Gasteiger partial charge in [-0.05, 0) is 30.3 Å². The Balaban J connectivity index is 2.23. The quantitative estimate of drug-likeness (QED) is 0.853. The molecule has 0 bridgehead atoms. The first kappa shape index (κ1) is 10.8. The second kappa shape index (κ2) is 4.90. The topological polar surface area (TPSA) is 29.9 Å². The Hall–Kier alpha value is -1.68. The Kier molecular flexibility index (Phi) is 3.31. The summed E-state index contributed by atoms with van der Waals surface area (Å²) >= 11 is 0. The molecule has 0 unspecified atom stereocenters. The minimum atomic E-state index is -0.251. The maximum Gasteiger partial charge on any atom is 0.149 e. The fourth-order valence-electron chi connectivity index (χ4n) is 1.53. The van der Waals surface area contributed by atoms with Gasteiger partial charge >= 0.3 is 0 Å². The van der Waals surface area contributed by atoms with E-state index in [9.17, 15) is 4.39 Å². The van der Waals surface area contributed by atoms with Crippen LogP contribution in [0.2, 0.25) is 0 Å². The number of benzene rings is 1. The molecule has 1 aromatic heterocycles. The van der Waals surface area contributed by atoms with Crippen molar-refractivity contribution in [3.63, 3.8) is 0 Å². The molecule has 0 aliphatic carbocycles. The molecule has 2 rings (SSSR count). The zero-order valence-corrected chi connectivity index (χ0v) is 9.15. The summed E-state index contributed by atoms with van der Waals surface area (Å²) in [5, 5.41) is 7.16. The van der Waals surface area contributed by atoms with Crippen molar-refractivity contribution < 1.29 is 4.39 Å². The lowest BCUT2D eigenvalue weighted by Gasteiger charge is -2.06. The van der Waals surface area contributed by atoms with Crippen LogP contribution in [0, 0.1) is 5.82 Å². The molecule has 0 radical (unpaired) electrons. The molecule has 0 amide bonds. The zero-order valence-electron chi connectivity index (χ0n) is 9.15. The van der Waals surface area contributed by atoms with Gasteiger partial charge in [0.15, 0.2) is 0 Å². The van der Waals surface area contributed by atoms with Gasteiger partial charge in [0, 0.05) is 18.9 Å². The maximum absolute atomic E-state index is 13.8. The fraction of sp³-hybridized carbons (Fsp3) is 0.250. The normalized spacial score (nSPS) is 10.6. The van der Waals surface area contributed by atoms with Gasteiger partial charge in [0.1, 0.15) is 11.5 Å². The molecule has 2 aromatic rings. The molecule has 0 atom stereocenters. The number of rotatable bonds is 4. The van der Waals surface area contributed by atoms with Crippen molar-refractivity contribution in [3.8, 4) is 5.69 Å². The Bertz CT molecular complexity index is 451. The first-order chi connectivity index (χ1) is 7.81. The van der Waals surface area contributed by atoms with Crippen LogP contribution < -0.4 is 5.32 Å². The highest BCUT2D eigenvalue weighted by atomic mass is 19.1. The molecule has 3 nitrogen and oxygen atoms in total. The predicted octanol–water partition coefficient (Wildman–Crippen LogP) is 2.12. The largest absolute Gasteiger partial charge is 0.313 e. The number of nitrogens with zero attached hydrogens (tertiary/aromatic N) is 2. The van der Waals surface area contributed by atoms with Gasteiger partial charge in [0.25, 0.3) is 0 Å². The highest BCUT2D eigenvalue weighted by molar-refractivity contribution is 5.35. The molecular formula is C12H14FN3. The monoisotopic (exact) mass is 219 g/mol. The minimum absolute atomic E-state index is 0.251. The minimum Gasteiger partial charge on any atom is -0.313 e. The van der Waals surface area contributed by atoms with Gasteiger partial charge in [-0.1, -0.05) is 13.0 Å². The number of nitrogens with one attached hydrogen (secondary N) is 1. The summed E-state index contributed by atoms with van der Waals surface area (Å²) in [6.07, 6.45) is 3.36. The van der Waals surface area contributed by atoms with Gasteiger partial charge in [-0.15, -0.1) is 0 Å². The first-order valence-corrected chi connectivity index (χ1v) is 5.30. The third-order valence-electron chi connectivity index (χ3n) is 2.34. The molecule has 0 saturated heterocycles. The highest BCUT2D eigenvalue weighted by Gasteiger charge is 2.05. The van der Waals surface area contributed by atoms with Gasteiger partial charge in [-0.3, -0.25) is 0 Å². The third-order valence-corrected chi connectivity index (χ3v) is 2.34. The fourth-order valence-corrected chi connectivity index (χ4v) is 1.53. The Morgan fingerprint density at radius 3 is 2.94 bits per heavy atom. The van der Waals surface area contributed by atoms with E-state index in [4.69, 9.17) is 0 Å². The summed E-state index contributed by atoms with van der Waals surface area (Å²) in [4.78, 5) is 0. The van der Waals surface area contributed by atoms with Gasteiger partial charge in [-0.25, -0.2) is 9.07 Å². The Morgan fingerprint density at radius 2 is 2.31 bits per heavy atom. The smallest absolute Gasteiger partial charge is 0.149 e.